The molecule has 70 valence electrons. The van der Waals surface area contributed by atoms with Crippen LogP contribution in [0.1, 0.15) is 13.3 Å². The molecular formula is C9H18N2S. The molecule has 3 atom stereocenters. The molecule has 0 amide bonds. The fraction of sp³-hybridized carbons (Fsp3) is 0.778. The highest BCUT2D eigenvalue weighted by atomic mass is 32.1. The van der Waals surface area contributed by atoms with Crippen molar-refractivity contribution in [3.8, 4) is 0 Å². The van der Waals surface area contributed by atoms with Crippen molar-refractivity contribution in [2.24, 2.45) is 5.92 Å². The maximum atomic E-state index is 4.68. The molecular weight excluding hydrogens is 168 g/mol. The first kappa shape index (κ1) is 9.93. The molecule has 1 unspecified atom stereocenters. The smallest absolute Gasteiger partial charge is 0.0934 e. The number of hydrogen-bond acceptors (Lipinski definition) is 3. The molecule has 0 bridgehead atoms. The van der Waals surface area contributed by atoms with Gasteiger partial charge in [-0.05, 0) is 32.6 Å². The van der Waals surface area contributed by atoms with Gasteiger partial charge in [-0.15, -0.1) is 0 Å². The quantitative estimate of drug-likeness (QED) is 0.508. The molecule has 1 aliphatic carbocycles. The van der Waals surface area contributed by atoms with E-state index in [1.54, 1.807) is 6.20 Å². The maximum absolute atomic E-state index is 4.68. The average molecular weight is 186 g/mol. The monoisotopic (exact) mass is 186 g/mol. The first-order valence-corrected chi connectivity index (χ1v) is 4.73. The Labute approximate surface area is 80.4 Å². The molecule has 1 N–H and O–H groups in total. The lowest BCUT2D eigenvalue weighted by atomic mass is 10.2. The van der Waals surface area contributed by atoms with Gasteiger partial charge in [0.2, 0.25) is 0 Å². The zero-order chi connectivity index (χ0) is 9.35. The van der Waals surface area contributed by atoms with Crippen molar-refractivity contribution in [2.45, 2.75) is 24.3 Å². The molecule has 1 fully saturated rings. The minimum Gasteiger partial charge on any atom is -0.375 e. The minimum atomic E-state index is 0.137. The van der Waals surface area contributed by atoms with Crippen LogP contribution >= 0.6 is 12.6 Å². The Morgan fingerprint density at radius 1 is 1.75 bits per heavy atom. The number of nitrogens with zero attached hydrogens (tertiary/aromatic N) is 1. The van der Waals surface area contributed by atoms with E-state index in [9.17, 15) is 0 Å². The third-order valence-electron chi connectivity index (χ3n) is 2.59. The summed E-state index contributed by atoms with van der Waals surface area (Å²) in [4.78, 5) is 2.15. The average Bonchev–Trinajstić information content (AvgIpc) is 2.55. The van der Waals surface area contributed by atoms with Crippen LogP contribution in [0.15, 0.2) is 12.8 Å². The van der Waals surface area contributed by atoms with E-state index in [0.717, 1.165) is 0 Å². The van der Waals surface area contributed by atoms with Crippen LogP contribution in [0.5, 0.6) is 0 Å². The van der Waals surface area contributed by atoms with Crippen molar-refractivity contribution < 1.29 is 0 Å². The van der Waals surface area contributed by atoms with Crippen molar-refractivity contribution in [1.29, 1.82) is 0 Å². The number of hydrogen-bond donors (Lipinski definition) is 2. The van der Waals surface area contributed by atoms with E-state index in [2.05, 4.69) is 50.4 Å². The van der Waals surface area contributed by atoms with E-state index in [0.29, 0.717) is 12.1 Å². The van der Waals surface area contributed by atoms with Crippen molar-refractivity contribution in [3.63, 3.8) is 0 Å². The van der Waals surface area contributed by atoms with Crippen LogP contribution in [0.3, 0.4) is 0 Å². The zero-order valence-electron chi connectivity index (χ0n) is 8.04. The van der Waals surface area contributed by atoms with E-state index in [4.69, 9.17) is 0 Å². The Balaban J connectivity index is 2.60. The van der Waals surface area contributed by atoms with Crippen LogP contribution in [-0.2, 0) is 0 Å². The molecule has 0 aromatic carbocycles. The molecule has 0 spiro atoms. The molecule has 0 heterocycles. The van der Waals surface area contributed by atoms with Gasteiger partial charge in [0.15, 0.2) is 0 Å². The molecule has 0 aliphatic heterocycles. The van der Waals surface area contributed by atoms with E-state index in [1.807, 2.05) is 0 Å². The molecule has 0 aromatic rings. The van der Waals surface area contributed by atoms with Gasteiger partial charge in [-0.25, -0.2) is 0 Å². The van der Waals surface area contributed by atoms with Gasteiger partial charge in [0.25, 0.3) is 0 Å². The topological polar surface area (TPSA) is 15.3 Å². The number of thiol groups is 1. The normalized spacial score (nSPS) is 36.2. The highest BCUT2D eigenvalue weighted by Gasteiger charge is 2.54. The van der Waals surface area contributed by atoms with Gasteiger partial charge in [0, 0.05) is 4.75 Å². The first-order chi connectivity index (χ1) is 5.52. The minimum absolute atomic E-state index is 0.137. The highest BCUT2D eigenvalue weighted by Crippen LogP contribution is 2.51. The Morgan fingerprint density at radius 3 is 2.50 bits per heavy atom. The Bertz CT molecular complexity index is 181. The van der Waals surface area contributed by atoms with Crippen LogP contribution in [0, 0.1) is 5.92 Å². The second kappa shape index (κ2) is 3.30. The summed E-state index contributed by atoms with van der Waals surface area (Å²) in [5.41, 5.74) is 0. The Kier molecular flexibility index (Phi) is 2.74. The van der Waals surface area contributed by atoms with Crippen molar-refractivity contribution in [1.82, 2.24) is 10.2 Å². The van der Waals surface area contributed by atoms with Gasteiger partial charge in [0.1, 0.15) is 0 Å². The second-order valence-electron chi connectivity index (χ2n) is 3.83. The van der Waals surface area contributed by atoms with Crippen molar-refractivity contribution in [2.75, 3.05) is 14.1 Å². The van der Waals surface area contributed by atoms with Crippen molar-refractivity contribution >= 4 is 12.6 Å². The molecule has 1 aliphatic rings. The summed E-state index contributed by atoms with van der Waals surface area (Å²) in [6, 6.07) is 0. The summed E-state index contributed by atoms with van der Waals surface area (Å²) >= 11 is 4.68. The van der Waals surface area contributed by atoms with Gasteiger partial charge in [0.05, 0.1) is 6.17 Å². The lowest BCUT2D eigenvalue weighted by Crippen LogP contribution is -2.47. The summed E-state index contributed by atoms with van der Waals surface area (Å²) in [7, 11) is 4.12. The summed E-state index contributed by atoms with van der Waals surface area (Å²) < 4.78 is 0.137. The maximum Gasteiger partial charge on any atom is 0.0934 e. The Morgan fingerprint density at radius 2 is 2.25 bits per heavy atom. The molecule has 1 rings (SSSR count). The third kappa shape index (κ3) is 1.62. The van der Waals surface area contributed by atoms with Crippen LogP contribution in [0.25, 0.3) is 0 Å². The van der Waals surface area contributed by atoms with Gasteiger partial charge in [-0.3, -0.25) is 4.90 Å². The fourth-order valence-corrected chi connectivity index (χ4v) is 2.24. The SMILES string of the molecule is C=CN[C@@H](N(C)C)[C@@]1(S)CC1C. The van der Waals surface area contributed by atoms with Gasteiger partial charge in [-0.1, -0.05) is 13.5 Å². The largest absolute Gasteiger partial charge is 0.375 e. The lowest BCUT2D eigenvalue weighted by molar-refractivity contribution is 0.248. The highest BCUT2D eigenvalue weighted by molar-refractivity contribution is 7.82. The Hall–Kier alpha value is -0.150. The molecule has 0 saturated heterocycles. The van der Waals surface area contributed by atoms with Crippen LogP contribution in [0.2, 0.25) is 0 Å². The summed E-state index contributed by atoms with van der Waals surface area (Å²) in [6.07, 6.45) is 3.22. The molecule has 1 saturated carbocycles. The second-order valence-corrected chi connectivity index (χ2v) is 4.67. The summed E-state index contributed by atoms with van der Waals surface area (Å²) in [6.45, 7) is 5.91. The first-order valence-electron chi connectivity index (χ1n) is 4.28. The standard InChI is InChI=1S/C9H18N2S/c1-5-10-8(11(3)4)9(12)6-7(9)2/h5,7-8,10,12H,1,6H2,2-4H3/t7?,8-,9+/m0/s1. The van der Waals surface area contributed by atoms with E-state index in [-0.39, 0.29) is 4.75 Å². The predicted molar refractivity (Wildman–Crippen MR) is 56.3 cm³/mol. The van der Waals surface area contributed by atoms with Crippen LogP contribution < -0.4 is 5.32 Å². The van der Waals surface area contributed by atoms with E-state index in [1.165, 1.54) is 6.42 Å². The predicted octanol–water partition coefficient (Wildman–Crippen LogP) is 1.32. The van der Waals surface area contributed by atoms with Crippen molar-refractivity contribution in [3.05, 3.63) is 12.8 Å². The third-order valence-corrected chi connectivity index (χ3v) is 3.46. The number of nitrogens with one attached hydrogen (secondary N) is 1. The van der Waals surface area contributed by atoms with E-state index < -0.39 is 0 Å². The molecule has 0 aromatic heterocycles. The zero-order valence-corrected chi connectivity index (χ0v) is 8.94. The molecule has 12 heavy (non-hydrogen) atoms. The summed E-state index contributed by atoms with van der Waals surface area (Å²) in [5.74, 6) is 0.695. The molecule has 3 heteroatoms. The van der Waals surface area contributed by atoms with Crippen LogP contribution in [0.4, 0.5) is 0 Å². The lowest BCUT2D eigenvalue weighted by Gasteiger charge is -2.30. The molecule has 2 nitrogen and oxygen atoms in total. The fourth-order valence-electron chi connectivity index (χ4n) is 1.66. The number of rotatable bonds is 4. The molecule has 0 radical (unpaired) electrons. The van der Waals surface area contributed by atoms with E-state index >= 15 is 0 Å². The van der Waals surface area contributed by atoms with Crippen LogP contribution in [-0.4, -0.2) is 29.9 Å². The van der Waals surface area contributed by atoms with Gasteiger partial charge >= 0.3 is 0 Å². The van der Waals surface area contributed by atoms with Gasteiger partial charge in [-0.2, -0.15) is 12.6 Å². The van der Waals surface area contributed by atoms with Gasteiger partial charge < -0.3 is 5.32 Å². The summed E-state index contributed by atoms with van der Waals surface area (Å²) in [5, 5.41) is 3.23.